The molecule has 0 amide bonds. The van der Waals surface area contributed by atoms with E-state index in [-0.39, 0.29) is 11.8 Å². The molecule has 0 bridgehead atoms. The highest BCUT2D eigenvalue weighted by Crippen LogP contribution is 2.26. The van der Waals surface area contributed by atoms with Gasteiger partial charge in [-0.2, -0.15) is 4.98 Å². The molecule has 4 nitrogen and oxygen atoms in total. The molecule has 88 valence electrons. The molecule has 0 unspecified atom stereocenters. The Morgan fingerprint density at radius 1 is 1.29 bits per heavy atom. The Bertz CT molecular complexity index is 542. The molecule has 0 aliphatic carbocycles. The van der Waals surface area contributed by atoms with Gasteiger partial charge in [0.1, 0.15) is 0 Å². The van der Waals surface area contributed by atoms with E-state index >= 15 is 0 Å². The summed E-state index contributed by atoms with van der Waals surface area (Å²) in [5.74, 6) is -0.265. The van der Waals surface area contributed by atoms with Crippen LogP contribution in [0.5, 0.6) is 0 Å². The standard InChI is InChI=1S/C12H13FN4/c1-8-5-3-4-6-10(8)17(2)11-9(13)7-15-12(14)16-11/h3-7H,1-2H3,(H2,14,15,16). The molecule has 0 saturated carbocycles. The minimum atomic E-state index is -0.495. The lowest BCUT2D eigenvalue weighted by atomic mass is 10.2. The summed E-state index contributed by atoms with van der Waals surface area (Å²) in [7, 11) is 1.74. The summed E-state index contributed by atoms with van der Waals surface area (Å²) in [6.07, 6.45) is 1.08. The molecule has 1 heterocycles. The van der Waals surface area contributed by atoms with Gasteiger partial charge in [0.05, 0.1) is 6.20 Å². The zero-order valence-corrected chi connectivity index (χ0v) is 9.68. The van der Waals surface area contributed by atoms with Crippen molar-refractivity contribution >= 4 is 17.5 Å². The van der Waals surface area contributed by atoms with Gasteiger partial charge in [0.2, 0.25) is 5.95 Å². The lowest BCUT2D eigenvalue weighted by Gasteiger charge is -2.20. The van der Waals surface area contributed by atoms with E-state index in [0.717, 1.165) is 17.4 Å². The Morgan fingerprint density at radius 2 is 2.00 bits per heavy atom. The van der Waals surface area contributed by atoms with Crippen molar-refractivity contribution in [2.24, 2.45) is 0 Å². The molecule has 0 fully saturated rings. The minimum Gasteiger partial charge on any atom is -0.368 e. The zero-order chi connectivity index (χ0) is 12.4. The maximum Gasteiger partial charge on any atom is 0.222 e. The number of benzene rings is 1. The number of hydrogen-bond acceptors (Lipinski definition) is 4. The van der Waals surface area contributed by atoms with Crippen molar-refractivity contribution in [1.29, 1.82) is 0 Å². The van der Waals surface area contributed by atoms with Crippen molar-refractivity contribution in [3.63, 3.8) is 0 Å². The molecule has 0 aliphatic rings. The average Bonchev–Trinajstić information content (AvgIpc) is 2.32. The van der Waals surface area contributed by atoms with E-state index in [1.165, 1.54) is 0 Å². The monoisotopic (exact) mass is 232 g/mol. The van der Waals surface area contributed by atoms with E-state index in [1.807, 2.05) is 31.2 Å². The second kappa shape index (κ2) is 4.37. The second-order valence-corrected chi connectivity index (χ2v) is 3.75. The van der Waals surface area contributed by atoms with Crippen LogP contribution in [0.1, 0.15) is 5.56 Å². The molecule has 1 aromatic carbocycles. The van der Waals surface area contributed by atoms with Crippen LogP contribution in [0.4, 0.5) is 21.8 Å². The van der Waals surface area contributed by atoms with Gasteiger partial charge >= 0.3 is 0 Å². The first-order valence-corrected chi connectivity index (χ1v) is 5.17. The lowest BCUT2D eigenvalue weighted by molar-refractivity contribution is 0.614. The van der Waals surface area contributed by atoms with Gasteiger partial charge in [-0.25, -0.2) is 9.37 Å². The van der Waals surface area contributed by atoms with Gasteiger partial charge in [-0.1, -0.05) is 18.2 Å². The maximum atomic E-state index is 13.6. The lowest BCUT2D eigenvalue weighted by Crippen LogP contribution is -2.15. The van der Waals surface area contributed by atoms with Gasteiger partial charge in [-0.3, -0.25) is 0 Å². The van der Waals surface area contributed by atoms with E-state index in [0.29, 0.717) is 0 Å². The van der Waals surface area contributed by atoms with E-state index < -0.39 is 5.82 Å². The number of hydrogen-bond donors (Lipinski definition) is 1. The number of aryl methyl sites for hydroxylation is 1. The molecule has 17 heavy (non-hydrogen) atoms. The van der Waals surface area contributed by atoms with Crippen LogP contribution in [0.15, 0.2) is 30.5 Å². The average molecular weight is 232 g/mol. The van der Waals surface area contributed by atoms with Gasteiger partial charge in [0.25, 0.3) is 0 Å². The molecular formula is C12H13FN4. The summed E-state index contributed by atoms with van der Waals surface area (Å²) in [4.78, 5) is 9.17. The van der Waals surface area contributed by atoms with Gasteiger partial charge in [0, 0.05) is 12.7 Å². The molecule has 0 aliphatic heterocycles. The minimum absolute atomic E-state index is 0.0573. The van der Waals surface area contributed by atoms with E-state index in [2.05, 4.69) is 9.97 Å². The third kappa shape index (κ3) is 2.18. The molecule has 2 N–H and O–H groups in total. The predicted molar refractivity (Wildman–Crippen MR) is 65.6 cm³/mol. The zero-order valence-electron chi connectivity index (χ0n) is 9.68. The van der Waals surface area contributed by atoms with E-state index in [9.17, 15) is 4.39 Å². The number of anilines is 3. The quantitative estimate of drug-likeness (QED) is 0.863. The highest BCUT2D eigenvalue weighted by atomic mass is 19.1. The highest BCUT2D eigenvalue weighted by molar-refractivity contribution is 5.63. The number of nitrogens with zero attached hydrogens (tertiary/aromatic N) is 3. The molecule has 0 radical (unpaired) electrons. The fourth-order valence-electron chi connectivity index (χ4n) is 1.66. The number of aromatic nitrogens is 2. The largest absolute Gasteiger partial charge is 0.368 e. The van der Waals surface area contributed by atoms with Crippen LogP contribution in [0, 0.1) is 12.7 Å². The van der Waals surface area contributed by atoms with Gasteiger partial charge in [-0.15, -0.1) is 0 Å². The Balaban J connectivity index is 2.47. The Labute approximate surface area is 98.9 Å². The second-order valence-electron chi connectivity index (χ2n) is 3.75. The third-order valence-corrected chi connectivity index (χ3v) is 2.54. The molecule has 2 rings (SSSR count). The maximum absolute atomic E-state index is 13.6. The SMILES string of the molecule is Cc1ccccc1N(C)c1nc(N)ncc1F. The van der Waals surface area contributed by atoms with Crippen LogP contribution in [-0.2, 0) is 0 Å². The number of nitrogens with two attached hydrogens (primary N) is 1. The summed E-state index contributed by atoms with van der Waals surface area (Å²) >= 11 is 0. The molecule has 0 spiro atoms. The Hall–Kier alpha value is -2.17. The first kappa shape index (κ1) is 11.3. The topological polar surface area (TPSA) is 55.0 Å². The summed E-state index contributed by atoms with van der Waals surface area (Å²) in [5, 5.41) is 0. The van der Waals surface area contributed by atoms with Crippen LogP contribution in [-0.4, -0.2) is 17.0 Å². The number of para-hydroxylation sites is 1. The van der Waals surface area contributed by atoms with Crippen LogP contribution >= 0.6 is 0 Å². The number of nitrogen functional groups attached to an aromatic ring is 1. The van der Waals surface area contributed by atoms with Crippen molar-refractivity contribution in [3.8, 4) is 0 Å². The van der Waals surface area contributed by atoms with Gasteiger partial charge < -0.3 is 10.6 Å². The number of halogens is 1. The highest BCUT2D eigenvalue weighted by Gasteiger charge is 2.13. The van der Waals surface area contributed by atoms with Crippen molar-refractivity contribution in [1.82, 2.24) is 9.97 Å². The fourth-order valence-corrected chi connectivity index (χ4v) is 1.66. The smallest absolute Gasteiger partial charge is 0.222 e. The Kier molecular flexibility index (Phi) is 2.91. The molecule has 2 aromatic rings. The normalized spacial score (nSPS) is 10.3. The molecule has 5 heteroatoms. The summed E-state index contributed by atoms with van der Waals surface area (Å²) in [6, 6.07) is 7.67. The third-order valence-electron chi connectivity index (χ3n) is 2.54. The summed E-state index contributed by atoms with van der Waals surface area (Å²) in [5.41, 5.74) is 7.38. The van der Waals surface area contributed by atoms with Crippen LogP contribution < -0.4 is 10.6 Å². The first-order chi connectivity index (χ1) is 8.09. The van der Waals surface area contributed by atoms with Gasteiger partial charge in [0.15, 0.2) is 11.6 Å². The van der Waals surface area contributed by atoms with Crippen molar-refractivity contribution in [3.05, 3.63) is 41.8 Å². The van der Waals surface area contributed by atoms with Crippen molar-refractivity contribution < 1.29 is 4.39 Å². The van der Waals surface area contributed by atoms with Crippen molar-refractivity contribution in [2.45, 2.75) is 6.92 Å². The molecule has 0 atom stereocenters. The summed E-state index contributed by atoms with van der Waals surface area (Å²) < 4.78 is 13.6. The van der Waals surface area contributed by atoms with Crippen LogP contribution in [0.25, 0.3) is 0 Å². The summed E-state index contributed by atoms with van der Waals surface area (Å²) in [6.45, 7) is 1.95. The Morgan fingerprint density at radius 3 is 2.71 bits per heavy atom. The fraction of sp³-hybridized carbons (Fsp3) is 0.167. The number of rotatable bonds is 2. The van der Waals surface area contributed by atoms with Gasteiger partial charge in [-0.05, 0) is 18.6 Å². The first-order valence-electron chi connectivity index (χ1n) is 5.17. The molecule has 0 saturated heterocycles. The van der Waals surface area contributed by atoms with E-state index in [1.54, 1.807) is 11.9 Å². The van der Waals surface area contributed by atoms with E-state index in [4.69, 9.17) is 5.73 Å². The van der Waals surface area contributed by atoms with Crippen molar-refractivity contribution in [2.75, 3.05) is 17.7 Å². The molecule has 1 aromatic heterocycles. The predicted octanol–water partition coefficient (Wildman–Crippen LogP) is 2.27. The van der Waals surface area contributed by atoms with Crippen LogP contribution in [0.3, 0.4) is 0 Å². The van der Waals surface area contributed by atoms with Crippen LogP contribution in [0.2, 0.25) is 0 Å². The molecular weight excluding hydrogens is 219 g/mol.